The molecule has 2 atom stereocenters. The molecule has 2 aliphatic rings. The summed E-state index contributed by atoms with van der Waals surface area (Å²) in [6.07, 6.45) is -3.11. The fourth-order valence-electron chi connectivity index (χ4n) is 4.57. The second-order valence-electron chi connectivity index (χ2n) is 9.88. The quantitative estimate of drug-likeness (QED) is 0.365. The first-order valence-corrected chi connectivity index (χ1v) is 14.6. The molecule has 2 aromatic rings. The molecule has 226 valence electrons. The summed E-state index contributed by atoms with van der Waals surface area (Å²) in [7, 11) is -0.406. The molecule has 2 heterocycles. The number of sulfonamides is 1. The van der Waals surface area contributed by atoms with Crippen molar-refractivity contribution < 1.29 is 40.2 Å². The molecule has 12 nitrogen and oxygen atoms in total. The van der Waals surface area contributed by atoms with Crippen LogP contribution >= 0.6 is 0 Å². The third kappa shape index (κ3) is 7.93. The molecule has 2 fully saturated rings. The molecule has 4 rings (SSSR count). The van der Waals surface area contributed by atoms with Crippen LogP contribution in [0.2, 0.25) is 0 Å². The van der Waals surface area contributed by atoms with E-state index >= 15 is 4.39 Å². The lowest BCUT2D eigenvalue weighted by atomic mass is 10.1. The Kier molecular flexibility index (Phi) is 9.20. The Morgan fingerprint density at radius 1 is 1.15 bits per heavy atom. The smallest absolute Gasteiger partial charge is 0.423 e. The van der Waals surface area contributed by atoms with E-state index in [1.807, 2.05) is 7.05 Å². The maximum Gasteiger partial charge on any atom is 0.423 e. The first kappa shape index (κ1) is 30.7. The van der Waals surface area contributed by atoms with Crippen LogP contribution in [0.5, 0.6) is 11.6 Å². The number of ether oxygens (including phenoxy) is 2. The Hall–Kier alpha value is -3.28. The van der Waals surface area contributed by atoms with Gasteiger partial charge in [-0.15, -0.1) is 0 Å². The molecule has 0 spiro atoms. The zero-order valence-electron chi connectivity index (χ0n) is 22.6. The van der Waals surface area contributed by atoms with Gasteiger partial charge in [-0.05, 0) is 32.4 Å². The second kappa shape index (κ2) is 12.3. The molecule has 1 amide bonds. The molecule has 1 saturated carbocycles. The number of nitrogens with zero attached hydrogens (tertiary/aromatic N) is 4. The van der Waals surface area contributed by atoms with E-state index in [-0.39, 0.29) is 22.9 Å². The number of methoxy groups -OCH3 is 1. The summed E-state index contributed by atoms with van der Waals surface area (Å²) in [6, 6.07) is 1.36. The van der Waals surface area contributed by atoms with Crippen molar-refractivity contribution in [2.45, 2.75) is 37.6 Å². The number of hydrazine groups is 1. The first-order valence-electron chi connectivity index (χ1n) is 12.7. The van der Waals surface area contributed by atoms with E-state index in [1.54, 1.807) is 5.01 Å². The molecule has 17 heteroatoms. The maximum absolute atomic E-state index is 15.0. The van der Waals surface area contributed by atoms with Crippen LogP contribution in [-0.4, -0.2) is 92.9 Å². The van der Waals surface area contributed by atoms with Crippen LogP contribution in [0.3, 0.4) is 0 Å². The van der Waals surface area contributed by atoms with Crippen molar-refractivity contribution in [2.24, 2.45) is 0 Å². The van der Waals surface area contributed by atoms with E-state index < -0.39 is 51.5 Å². The fraction of sp³-hybridized carbons (Fsp3) is 0.542. The Labute approximate surface area is 234 Å². The predicted octanol–water partition coefficient (Wildman–Crippen LogP) is 2.13. The Balaban J connectivity index is 1.57. The SMILES string of the molecule is COc1cc(C(=O)NN2CCN(C)CC2)c(F)cc1Nc1ncc(C(F)(F)F)c(O[C@@H]2CCC[C@H]2NS(C)(=O)=O)n1. The van der Waals surface area contributed by atoms with Gasteiger partial charge < -0.3 is 19.7 Å². The summed E-state index contributed by atoms with van der Waals surface area (Å²) >= 11 is 0. The van der Waals surface area contributed by atoms with Crippen molar-refractivity contribution in [3.8, 4) is 11.6 Å². The number of halogens is 4. The van der Waals surface area contributed by atoms with Crippen molar-refractivity contribution >= 4 is 27.6 Å². The number of carbonyl (C=O) groups excluding carboxylic acids is 1. The van der Waals surface area contributed by atoms with Gasteiger partial charge in [0.2, 0.25) is 21.9 Å². The highest BCUT2D eigenvalue weighted by atomic mass is 32.2. The summed E-state index contributed by atoms with van der Waals surface area (Å²) in [5.41, 5.74) is 1.05. The van der Waals surface area contributed by atoms with E-state index in [2.05, 4.69) is 30.3 Å². The predicted molar refractivity (Wildman–Crippen MR) is 140 cm³/mol. The number of anilines is 2. The summed E-state index contributed by atoms with van der Waals surface area (Å²) < 4.78 is 92.8. The first-order chi connectivity index (χ1) is 19.2. The molecular formula is C24H31F4N7O5S. The number of likely N-dealkylation sites (N-methyl/N-ethyl adjacent to an activating group) is 1. The highest BCUT2D eigenvalue weighted by Crippen LogP contribution is 2.38. The normalized spacial score (nSPS) is 20.6. The molecule has 1 aromatic heterocycles. The summed E-state index contributed by atoms with van der Waals surface area (Å²) in [5.74, 6) is -2.78. The van der Waals surface area contributed by atoms with Gasteiger partial charge in [0.05, 0.1) is 30.7 Å². The van der Waals surface area contributed by atoms with Gasteiger partial charge in [0.25, 0.3) is 5.91 Å². The Morgan fingerprint density at radius 2 is 1.85 bits per heavy atom. The van der Waals surface area contributed by atoms with Gasteiger partial charge in [-0.2, -0.15) is 18.2 Å². The number of hydrogen-bond donors (Lipinski definition) is 3. The number of alkyl halides is 3. The van der Waals surface area contributed by atoms with Crippen LogP contribution in [0.1, 0.15) is 35.2 Å². The van der Waals surface area contributed by atoms with Gasteiger partial charge in [0, 0.05) is 38.4 Å². The van der Waals surface area contributed by atoms with Crippen LogP contribution in [0.15, 0.2) is 18.3 Å². The number of rotatable bonds is 9. The van der Waals surface area contributed by atoms with E-state index in [1.165, 1.54) is 7.11 Å². The average molecular weight is 606 g/mol. The molecular weight excluding hydrogens is 574 g/mol. The molecule has 41 heavy (non-hydrogen) atoms. The highest BCUT2D eigenvalue weighted by Gasteiger charge is 2.39. The molecule has 0 radical (unpaired) electrons. The lowest BCUT2D eigenvalue weighted by Crippen LogP contribution is -2.52. The van der Waals surface area contributed by atoms with E-state index in [0.717, 1.165) is 31.5 Å². The number of carbonyl (C=O) groups is 1. The van der Waals surface area contributed by atoms with E-state index in [0.29, 0.717) is 38.5 Å². The fourth-order valence-corrected chi connectivity index (χ4v) is 5.39. The minimum atomic E-state index is -4.87. The van der Waals surface area contributed by atoms with Gasteiger partial charge in [-0.25, -0.2) is 27.5 Å². The number of hydrogen-bond acceptors (Lipinski definition) is 10. The van der Waals surface area contributed by atoms with Crippen LogP contribution in [0, 0.1) is 5.82 Å². The topological polar surface area (TPSA) is 138 Å². The van der Waals surface area contributed by atoms with Gasteiger partial charge >= 0.3 is 6.18 Å². The minimum absolute atomic E-state index is 0.00843. The summed E-state index contributed by atoms with van der Waals surface area (Å²) in [6.45, 7) is 2.57. The van der Waals surface area contributed by atoms with Gasteiger partial charge in [-0.3, -0.25) is 10.2 Å². The summed E-state index contributed by atoms with van der Waals surface area (Å²) in [4.78, 5) is 22.4. The highest BCUT2D eigenvalue weighted by molar-refractivity contribution is 7.88. The molecule has 1 saturated heterocycles. The third-order valence-corrected chi connectivity index (χ3v) is 7.41. The van der Waals surface area contributed by atoms with Crippen LogP contribution in [-0.2, 0) is 16.2 Å². The summed E-state index contributed by atoms with van der Waals surface area (Å²) in [5, 5.41) is 4.30. The monoisotopic (exact) mass is 605 g/mol. The lowest BCUT2D eigenvalue weighted by molar-refractivity contribution is -0.140. The molecule has 3 N–H and O–H groups in total. The van der Waals surface area contributed by atoms with Gasteiger partial charge in [-0.1, -0.05) is 0 Å². The molecule has 0 bridgehead atoms. The zero-order chi connectivity index (χ0) is 29.9. The van der Waals surface area contributed by atoms with Gasteiger partial charge in [0.1, 0.15) is 23.2 Å². The van der Waals surface area contributed by atoms with Crippen molar-refractivity contribution in [3.05, 3.63) is 35.3 Å². The molecule has 1 aromatic carbocycles. The Bertz CT molecular complexity index is 1370. The Morgan fingerprint density at radius 3 is 2.49 bits per heavy atom. The number of amides is 1. The standard InChI is InChI=1S/C24H31F4N7O5S/c1-34-7-9-35(10-8-34)32-21(36)14-11-20(39-2)18(12-16(14)25)30-23-29-13-15(24(26,27)28)22(31-23)40-19-6-4-5-17(19)33-41(3,37)38/h11-13,17,19,33H,4-10H2,1-3H3,(H,32,36)(H,29,30,31)/t17-,19-/m1/s1. The van der Waals surface area contributed by atoms with Crippen molar-refractivity contribution in [2.75, 3.05) is 51.9 Å². The minimum Gasteiger partial charge on any atom is -0.495 e. The molecule has 0 unspecified atom stereocenters. The van der Waals surface area contributed by atoms with Crippen LogP contribution in [0.25, 0.3) is 0 Å². The number of aromatic nitrogens is 2. The number of benzene rings is 1. The zero-order valence-corrected chi connectivity index (χ0v) is 23.4. The van der Waals surface area contributed by atoms with Crippen molar-refractivity contribution in [1.29, 1.82) is 0 Å². The largest absolute Gasteiger partial charge is 0.495 e. The maximum atomic E-state index is 15.0. The van der Waals surface area contributed by atoms with E-state index in [9.17, 15) is 26.4 Å². The second-order valence-corrected chi connectivity index (χ2v) is 11.7. The number of nitrogens with one attached hydrogen (secondary N) is 3. The van der Waals surface area contributed by atoms with Crippen LogP contribution < -0.4 is 24.9 Å². The van der Waals surface area contributed by atoms with Crippen LogP contribution in [0.4, 0.5) is 29.2 Å². The average Bonchev–Trinajstić information content (AvgIpc) is 3.29. The third-order valence-electron chi connectivity index (χ3n) is 6.68. The lowest BCUT2D eigenvalue weighted by Gasteiger charge is -2.32. The molecule has 1 aliphatic carbocycles. The van der Waals surface area contributed by atoms with Crippen molar-refractivity contribution in [3.63, 3.8) is 0 Å². The van der Waals surface area contributed by atoms with Crippen molar-refractivity contribution in [1.82, 2.24) is 30.0 Å². The van der Waals surface area contributed by atoms with Gasteiger partial charge in [0.15, 0.2) is 0 Å². The number of piperazine rings is 1. The molecule has 1 aliphatic heterocycles. The van der Waals surface area contributed by atoms with E-state index in [4.69, 9.17) is 9.47 Å².